The number of ether oxygens (including phenoxy) is 1. The van der Waals surface area contributed by atoms with Gasteiger partial charge in [-0.2, -0.15) is 5.26 Å². The number of carbonyl (C=O) groups is 1. The third-order valence-electron chi connectivity index (χ3n) is 4.54. The van der Waals surface area contributed by atoms with Crippen LogP contribution in [0.2, 0.25) is 0 Å². The number of aromatic amines is 1. The van der Waals surface area contributed by atoms with Crippen molar-refractivity contribution in [2.45, 2.75) is 6.42 Å². The van der Waals surface area contributed by atoms with Crippen molar-refractivity contribution in [3.63, 3.8) is 0 Å². The van der Waals surface area contributed by atoms with Crippen LogP contribution in [0.5, 0.6) is 11.5 Å². The Balaban J connectivity index is 1.40. The first-order chi connectivity index (χ1) is 14.6. The van der Waals surface area contributed by atoms with Gasteiger partial charge in [0.1, 0.15) is 11.5 Å². The predicted molar refractivity (Wildman–Crippen MR) is 115 cm³/mol. The van der Waals surface area contributed by atoms with Crippen molar-refractivity contribution in [1.29, 1.82) is 5.26 Å². The van der Waals surface area contributed by atoms with E-state index < -0.39 is 0 Å². The van der Waals surface area contributed by atoms with Gasteiger partial charge < -0.3 is 15.0 Å². The first-order valence-corrected chi connectivity index (χ1v) is 9.29. The Bertz CT molecular complexity index is 1300. The predicted octanol–water partition coefficient (Wildman–Crippen LogP) is 4.37. The summed E-state index contributed by atoms with van der Waals surface area (Å²) in [7, 11) is 0. The summed E-state index contributed by atoms with van der Waals surface area (Å²) in [5.41, 5.74) is 2.04. The number of para-hydroxylation sites is 1. The van der Waals surface area contributed by atoms with Gasteiger partial charge in [0.25, 0.3) is 5.56 Å². The van der Waals surface area contributed by atoms with Gasteiger partial charge >= 0.3 is 0 Å². The largest absolute Gasteiger partial charge is 0.457 e. The molecule has 0 unspecified atom stereocenters. The molecule has 1 heterocycles. The topological polar surface area (TPSA) is 95.0 Å². The maximum Gasteiger partial charge on any atom is 0.252 e. The van der Waals surface area contributed by atoms with Crippen LogP contribution >= 0.6 is 0 Å². The molecule has 4 rings (SSSR count). The number of anilines is 1. The minimum atomic E-state index is -0.281. The Labute approximate surface area is 172 Å². The fraction of sp³-hybridized carbons (Fsp3) is 0.0417. The SMILES string of the molecule is N#Cc1ccc(Oc2ccc(NC(=O)Cc3cc4ccccc4[nH]c3=O)cc2)cc1. The number of benzene rings is 3. The molecule has 1 aromatic heterocycles. The van der Waals surface area contributed by atoms with Crippen molar-refractivity contribution in [2.24, 2.45) is 0 Å². The molecule has 0 aliphatic rings. The Morgan fingerprint density at radius 2 is 1.63 bits per heavy atom. The van der Waals surface area contributed by atoms with Crippen LogP contribution in [0.15, 0.2) is 83.7 Å². The summed E-state index contributed by atoms with van der Waals surface area (Å²) >= 11 is 0. The molecule has 146 valence electrons. The number of nitriles is 1. The molecule has 0 bridgehead atoms. The van der Waals surface area contributed by atoms with E-state index in [1.807, 2.05) is 24.3 Å². The van der Waals surface area contributed by atoms with E-state index >= 15 is 0 Å². The highest BCUT2D eigenvalue weighted by molar-refractivity contribution is 5.92. The Morgan fingerprint density at radius 3 is 2.33 bits per heavy atom. The lowest BCUT2D eigenvalue weighted by Crippen LogP contribution is -2.21. The van der Waals surface area contributed by atoms with Crippen molar-refractivity contribution >= 4 is 22.5 Å². The molecule has 30 heavy (non-hydrogen) atoms. The van der Waals surface area contributed by atoms with Crippen LogP contribution < -0.4 is 15.6 Å². The first-order valence-electron chi connectivity index (χ1n) is 9.29. The molecule has 1 amide bonds. The molecule has 6 heteroatoms. The van der Waals surface area contributed by atoms with E-state index in [1.165, 1.54) is 0 Å². The minimum absolute atomic E-state index is 0.0241. The summed E-state index contributed by atoms with van der Waals surface area (Å²) in [5.74, 6) is 0.932. The Morgan fingerprint density at radius 1 is 0.967 bits per heavy atom. The number of nitrogens with one attached hydrogen (secondary N) is 2. The number of rotatable bonds is 5. The van der Waals surface area contributed by atoms with Gasteiger partial charge in [-0.3, -0.25) is 9.59 Å². The molecule has 4 aromatic rings. The van der Waals surface area contributed by atoms with Gasteiger partial charge in [-0.1, -0.05) is 18.2 Å². The quantitative estimate of drug-likeness (QED) is 0.524. The number of pyridine rings is 1. The molecule has 0 atom stereocenters. The third-order valence-corrected chi connectivity index (χ3v) is 4.54. The van der Waals surface area contributed by atoms with Gasteiger partial charge in [0.15, 0.2) is 0 Å². The monoisotopic (exact) mass is 395 g/mol. The standard InChI is InChI=1S/C24H17N3O3/c25-15-16-5-9-20(10-6-16)30-21-11-7-19(8-12-21)26-23(28)14-18-13-17-3-1-2-4-22(17)27-24(18)29/h1-13H,14H2,(H,26,28)(H,27,29). The number of hydrogen-bond donors (Lipinski definition) is 2. The molecule has 0 spiro atoms. The van der Waals surface area contributed by atoms with E-state index in [1.54, 1.807) is 54.6 Å². The number of aromatic nitrogens is 1. The van der Waals surface area contributed by atoms with Gasteiger partial charge in [-0.25, -0.2) is 0 Å². The van der Waals surface area contributed by atoms with E-state index in [2.05, 4.69) is 16.4 Å². The highest BCUT2D eigenvalue weighted by Crippen LogP contribution is 2.23. The fourth-order valence-electron chi connectivity index (χ4n) is 3.04. The van der Waals surface area contributed by atoms with Crippen molar-refractivity contribution in [3.05, 3.63) is 100 Å². The molecule has 2 N–H and O–H groups in total. The van der Waals surface area contributed by atoms with Crippen LogP contribution in [0, 0.1) is 11.3 Å². The zero-order chi connectivity index (χ0) is 20.9. The lowest BCUT2D eigenvalue weighted by Gasteiger charge is -2.08. The normalized spacial score (nSPS) is 10.4. The highest BCUT2D eigenvalue weighted by Gasteiger charge is 2.09. The summed E-state index contributed by atoms with van der Waals surface area (Å²) in [6.07, 6.45) is -0.0241. The summed E-state index contributed by atoms with van der Waals surface area (Å²) in [6.45, 7) is 0. The van der Waals surface area contributed by atoms with Gasteiger partial charge in [0, 0.05) is 16.8 Å². The second-order valence-corrected chi connectivity index (χ2v) is 6.70. The number of amides is 1. The summed E-state index contributed by atoms with van der Waals surface area (Å²) in [6, 6.07) is 24.9. The summed E-state index contributed by atoms with van der Waals surface area (Å²) in [4.78, 5) is 27.4. The number of nitrogens with zero attached hydrogens (tertiary/aromatic N) is 1. The average Bonchev–Trinajstić information content (AvgIpc) is 2.76. The molecule has 0 saturated heterocycles. The number of H-pyrrole nitrogens is 1. The molecule has 0 aliphatic heterocycles. The van der Waals surface area contributed by atoms with Crippen LogP contribution in [0.4, 0.5) is 5.69 Å². The third kappa shape index (κ3) is 4.37. The second-order valence-electron chi connectivity index (χ2n) is 6.70. The van der Waals surface area contributed by atoms with Crippen molar-refractivity contribution < 1.29 is 9.53 Å². The van der Waals surface area contributed by atoms with Gasteiger partial charge in [-0.15, -0.1) is 0 Å². The number of fused-ring (bicyclic) bond motifs is 1. The van der Waals surface area contributed by atoms with E-state index in [-0.39, 0.29) is 17.9 Å². The maximum absolute atomic E-state index is 12.4. The first kappa shape index (κ1) is 19.0. The van der Waals surface area contributed by atoms with Crippen molar-refractivity contribution in [1.82, 2.24) is 4.98 Å². The van der Waals surface area contributed by atoms with Crippen LogP contribution in [-0.2, 0) is 11.2 Å². The fourth-order valence-corrected chi connectivity index (χ4v) is 3.04. The zero-order valence-electron chi connectivity index (χ0n) is 15.9. The second kappa shape index (κ2) is 8.33. The number of hydrogen-bond acceptors (Lipinski definition) is 4. The van der Waals surface area contributed by atoms with Crippen molar-refractivity contribution in [3.8, 4) is 17.6 Å². The van der Waals surface area contributed by atoms with E-state index in [0.717, 1.165) is 10.9 Å². The van der Waals surface area contributed by atoms with E-state index in [0.29, 0.717) is 28.3 Å². The molecule has 6 nitrogen and oxygen atoms in total. The van der Waals surface area contributed by atoms with Crippen LogP contribution in [-0.4, -0.2) is 10.9 Å². The smallest absolute Gasteiger partial charge is 0.252 e. The number of carbonyl (C=O) groups excluding carboxylic acids is 1. The zero-order valence-corrected chi connectivity index (χ0v) is 15.9. The summed E-state index contributed by atoms with van der Waals surface area (Å²) in [5, 5.41) is 12.5. The van der Waals surface area contributed by atoms with E-state index in [4.69, 9.17) is 10.00 Å². The molecule has 0 fully saturated rings. The van der Waals surface area contributed by atoms with Crippen LogP contribution in [0.3, 0.4) is 0 Å². The van der Waals surface area contributed by atoms with Gasteiger partial charge in [-0.05, 0) is 66.0 Å². The average molecular weight is 395 g/mol. The van der Waals surface area contributed by atoms with Gasteiger partial charge in [0.05, 0.1) is 18.1 Å². The van der Waals surface area contributed by atoms with Crippen LogP contribution in [0.25, 0.3) is 10.9 Å². The molecule has 0 radical (unpaired) electrons. The Hall–Kier alpha value is -4.37. The molecule has 0 saturated carbocycles. The molecule has 0 aliphatic carbocycles. The minimum Gasteiger partial charge on any atom is -0.457 e. The lowest BCUT2D eigenvalue weighted by atomic mass is 10.1. The van der Waals surface area contributed by atoms with E-state index in [9.17, 15) is 9.59 Å². The lowest BCUT2D eigenvalue weighted by molar-refractivity contribution is -0.115. The van der Waals surface area contributed by atoms with Crippen molar-refractivity contribution in [2.75, 3.05) is 5.32 Å². The summed E-state index contributed by atoms with van der Waals surface area (Å²) < 4.78 is 5.72. The molecule has 3 aromatic carbocycles. The van der Waals surface area contributed by atoms with Gasteiger partial charge in [0.2, 0.25) is 5.91 Å². The highest BCUT2D eigenvalue weighted by atomic mass is 16.5. The maximum atomic E-state index is 12.4. The Kier molecular flexibility index (Phi) is 5.27. The molecular formula is C24H17N3O3. The molecular weight excluding hydrogens is 378 g/mol. The van der Waals surface area contributed by atoms with Crippen LogP contribution in [0.1, 0.15) is 11.1 Å².